The Balaban J connectivity index is 2.93. The first-order chi connectivity index (χ1) is 8.06. The summed E-state index contributed by atoms with van der Waals surface area (Å²) in [4.78, 5) is 17.3. The summed E-state index contributed by atoms with van der Waals surface area (Å²) in [5, 5.41) is 0. The van der Waals surface area contributed by atoms with E-state index in [0.29, 0.717) is 6.54 Å². The molecule has 1 heterocycles. The van der Waals surface area contributed by atoms with Crippen LogP contribution in [-0.2, 0) is 4.79 Å². The van der Waals surface area contributed by atoms with Crippen molar-refractivity contribution in [2.45, 2.75) is 25.9 Å². The monoisotopic (exact) mass is 236 g/mol. The molecule has 1 rings (SSSR count). The minimum absolute atomic E-state index is 0.0799. The van der Waals surface area contributed by atoms with Gasteiger partial charge in [-0.3, -0.25) is 14.7 Å². The van der Waals surface area contributed by atoms with Crippen LogP contribution in [0.5, 0.6) is 0 Å². The van der Waals surface area contributed by atoms with Crippen LogP contribution in [0.3, 0.4) is 0 Å². The third-order valence-corrected chi connectivity index (χ3v) is 2.65. The molecule has 0 radical (unpaired) electrons. The fraction of sp³-hybridized carbons (Fsp3) is 0.500. The van der Waals surface area contributed by atoms with Gasteiger partial charge in [-0.05, 0) is 26.0 Å². The number of carbonyl (C=O) groups excluding carboxylic acids is 1. The van der Waals surface area contributed by atoms with E-state index < -0.39 is 0 Å². The van der Waals surface area contributed by atoms with Crippen LogP contribution in [0.2, 0.25) is 0 Å². The SMILES string of the molecule is CC(C)N(CC(N)=O)C(CN)c1ccccn1. The summed E-state index contributed by atoms with van der Waals surface area (Å²) in [5.41, 5.74) is 11.9. The van der Waals surface area contributed by atoms with Crippen LogP contribution in [0.4, 0.5) is 0 Å². The average molecular weight is 236 g/mol. The summed E-state index contributed by atoms with van der Waals surface area (Å²) in [6.07, 6.45) is 1.72. The van der Waals surface area contributed by atoms with Crippen molar-refractivity contribution in [2.24, 2.45) is 11.5 Å². The van der Waals surface area contributed by atoms with Crippen LogP contribution in [0.15, 0.2) is 24.4 Å². The topological polar surface area (TPSA) is 85.2 Å². The van der Waals surface area contributed by atoms with Crippen LogP contribution in [-0.4, -0.2) is 34.9 Å². The van der Waals surface area contributed by atoms with Crippen molar-refractivity contribution in [1.29, 1.82) is 0 Å². The molecule has 0 aromatic carbocycles. The Hall–Kier alpha value is -1.46. The van der Waals surface area contributed by atoms with Crippen LogP contribution < -0.4 is 11.5 Å². The lowest BCUT2D eigenvalue weighted by atomic mass is 10.1. The first-order valence-electron chi connectivity index (χ1n) is 5.71. The molecule has 0 aliphatic rings. The molecule has 0 aliphatic carbocycles. The molecule has 0 saturated heterocycles. The van der Waals surface area contributed by atoms with Gasteiger partial charge in [0.15, 0.2) is 0 Å². The van der Waals surface area contributed by atoms with E-state index in [2.05, 4.69) is 4.98 Å². The van der Waals surface area contributed by atoms with Gasteiger partial charge in [0.25, 0.3) is 0 Å². The number of carbonyl (C=O) groups is 1. The van der Waals surface area contributed by atoms with E-state index in [1.165, 1.54) is 0 Å². The van der Waals surface area contributed by atoms with Gasteiger partial charge < -0.3 is 11.5 Å². The summed E-state index contributed by atoms with van der Waals surface area (Å²) < 4.78 is 0. The number of amides is 1. The predicted molar refractivity (Wildman–Crippen MR) is 67.1 cm³/mol. The smallest absolute Gasteiger partial charge is 0.231 e. The highest BCUT2D eigenvalue weighted by Gasteiger charge is 2.23. The molecule has 1 amide bonds. The van der Waals surface area contributed by atoms with Crippen molar-refractivity contribution in [2.75, 3.05) is 13.1 Å². The Morgan fingerprint density at radius 2 is 2.18 bits per heavy atom. The zero-order chi connectivity index (χ0) is 12.8. The number of rotatable bonds is 6. The maximum atomic E-state index is 11.1. The lowest BCUT2D eigenvalue weighted by Gasteiger charge is -2.32. The number of hydrogen-bond acceptors (Lipinski definition) is 4. The average Bonchev–Trinajstić information content (AvgIpc) is 2.29. The van der Waals surface area contributed by atoms with E-state index in [0.717, 1.165) is 5.69 Å². The molecule has 0 fully saturated rings. The van der Waals surface area contributed by atoms with Crippen LogP contribution in [0.1, 0.15) is 25.6 Å². The fourth-order valence-corrected chi connectivity index (χ4v) is 1.83. The maximum Gasteiger partial charge on any atom is 0.231 e. The molecule has 0 spiro atoms. The zero-order valence-electron chi connectivity index (χ0n) is 10.3. The van der Waals surface area contributed by atoms with E-state index in [1.807, 2.05) is 36.9 Å². The second-order valence-corrected chi connectivity index (χ2v) is 4.24. The normalized spacial score (nSPS) is 13.0. The second-order valence-electron chi connectivity index (χ2n) is 4.24. The number of aromatic nitrogens is 1. The standard InChI is InChI=1S/C12H20N4O/c1-9(2)16(8-12(14)17)11(7-13)10-5-3-4-6-15-10/h3-6,9,11H,7-8,13H2,1-2H3,(H2,14,17). The Morgan fingerprint density at radius 1 is 1.47 bits per heavy atom. The molecular weight excluding hydrogens is 216 g/mol. The molecule has 17 heavy (non-hydrogen) atoms. The van der Waals surface area contributed by atoms with Gasteiger partial charge in [-0.15, -0.1) is 0 Å². The Kier molecular flexibility index (Phi) is 5.06. The van der Waals surface area contributed by atoms with Crippen LogP contribution in [0, 0.1) is 0 Å². The Bertz CT molecular complexity index is 353. The number of nitrogens with zero attached hydrogens (tertiary/aromatic N) is 2. The summed E-state index contributed by atoms with van der Waals surface area (Å²) >= 11 is 0. The van der Waals surface area contributed by atoms with Crippen molar-refractivity contribution < 1.29 is 4.79 Å². The minimum Gasteiger partial charge on any atom is -0.369 e. The van der Waals surface area contributed by atoms with Crippen molar-refractivity contribution >= 4 is 5.91 Å². The molecule has 1 atom stereocenters. The van der Waals surface area contributed by atoms with Crippen LogP contribution in [0.25, 0.3) is 0 Å². The highest BCUT2D eigenvalue weighted by Crippen LogP contribution is 2.19. The van der Waals surface area contributed by atoms with E-state index in [-0.39, 0.29) is 24.5 Å². The molecule has 1 unspecified atom stereocenters. The highest BCUT2D eigenvalue weighted by molar-refractivity contribution is 5.76. The van der Waals surface area contributed by atoms with Crippen molar-refractivity contribution in [3.8, 4) is 0 Å². The summed E-state index contributed by atoms with van der Waals surface area (Å²) in [6, 6.07) is 5.77. The predicted octanol–water partition coefficient (Wildman–Crippen LogP) is 0.277. The summed E-state index contributed by atoms with van der Waals surface area (Å²) in [6.45, 7) is 4.61. The molecule has 5 nitrogen and oxygen atoms in total. The first kappa shape index (κ1) is 13.6. The molecule has 0 bridgehead atoms. The van der Waals surface area contributed by atoms with Crippen molar-refractivity contribution in [3.05, 3.63) is 30.1 Å². The first-order valence-corrected chi connectivity index (χ1v) is 5.71. The molecule has 4 N–H and O–H groups in total. The van der Waals surface area contributed by atoms with Gasteiger partial charge in [0.05, 0.1) is 18.3 Å². The third kappa shape index (κ3) is 3.80. The quantitative estimate of drug-likeness (QED) is 0.742. The van der Waals surface area contributed by atoms with E-state index in [9.17, 15) is 4.79 Å². The summed E-state index contributed by atoms with van der Waals surface area (Å²) in [7, 11) is 0. The van der Waals surface area contributed by atoms with Gasteiger partial charge in [0, 0.05) is 18.8 Å². The number of pyridine rings is 1. The number of primary amides is 1. The van der Waals surface area contributed by atoms with Gasteiger partial charge in [0.2, 0.25) is 5.91 Å². The molecule has 0 saturated carbocycles. The maximum absolute atomic E-state index is 11.1. The molecule has 1 aromatic heterocycles. The van der Waals surface area contributed by atoms with Crippen molar-refractivity contribution in [1.82, 2.24) is 9.88 Å². The fourth-order valence-electron chi connectivity index (χ4n) is 1.83. The zero-order valence-corrected chi connectivity index (χ0v) is 10.3. The van der Waals surface area contributed by atoms with Crippen molar-refractivity contribution in [3.63, 3.8) is 0 Å². The van der Waals surface area contributed by atoms with Gasteiger partial charge in [0.1, 0.15) is 0 Å². The lowest BCUT2D eigenvalue weighted by molar-refractivity contribution is -0.120. The van der Waals surface area contributed by atoms with E-state index in [4.69, 9.17) is 11.5 Å². The Labute approximate surface area is 102 Å². The highest BCUT2D eigenvalue weighted by atomic mass is 16.1. The van der Waals surface area contributed by atoms with Gasteiger partial charge in [-0.1, -0.05) is 6.07 Å². The second kappa shape index (κ2) is 6.32. The van der Waals surface area contributed by atoms with Gasteiger partial charge in [-0.25, -0.2) is 0 Å². The molecular formula is C12H20N4O. The van der Waals surface area contributed by atoms with Gasteiger partial charge in [-0.2, -0.15) is 0 Å². The lowest BCUT2D eigenvalue weighted by Crippen LogP contribution is -2.43. The van der Waals surface area contributed by atoms with E-state index in [1.54, 1.807) is 6.20 Å². The van der Waals surface area contributed by atoms with Crippen LogP contribution >= 0.6 is 0 Å². The Morgan fingerprint density at radius 3 is 2.59 bits per heavy atom. The van der Waals surface area contributed by atoms with E-state index >= 15 is 0 Å². The molecule has 94 valence electrons. The number of nitrogens with two attached hydrogens (primary N) is 2. The number of hydrogen-bond donors (Lipinski definition) is 2. The largest absolute Gasteiger partial charge is 0.369 e. The molecule has 0 aliphatic heterocycles. The third-order valence-electron chi connectivity index (χ3n) is 2.65. The molecule has 5 heteroatoms. The summed E-state index contributed by atoms with van der Waals surface area (Å²) in [5.74, 6) is -0.354. The van der Waals surface area contributed by atoms with Gasteiger partial charge >= 0.3 is 0 Å². The minimum atomic E-state index is -0.354. The molecule has 1 aromatic rings.